The molecule has 5 rings (SSSR count). The van der Waals surface area contributed by atoms with E-state index in [9.17, 15) is 14.6 Å². The molecule has 204 valence electrons. The van der Waals surface area contributed by atoms with E-state index < -0.39 is 15.3 Å². The van der Waals surface area contributed by atoms with Crippen LogP contribution in [0.4, 0.5) is 5.82 Å². The van der Waals surface area contributed by atoms with E-state index >= 15 is 0 Å². The fraction of sp³-hybridized carbons (Fsp3) is 0.444. The summed E-state index contributed by atoms with van der Waals surface area (Å²) in [4.78, 5) is 11.7. The van der Waals surface area contributed by atoms with E-state index in [4.69, 9.17) is 9.97 Å². The van der Waals surface area contributed by atoms with E-state index in [1.807, 2.05) is 18.3 Å². The Hall–Kier alpha value is -3.82. The van der Waals surface area contributed by atoms with Gasteiger partial charge in [0.15, 0.2) is 0 Å². The molecular weight excluding hydrogens is 514 g/mol. The number of anilines is 1. The monoisotopic (exact) mass is 547 g/mol. The van der Waals surface area contributed by atoms with Crippen LogP contribution in [0, 0.1) is 17.2 Å². The van der Waals surface area contributed by atoms with Gasteiger partial charge in [0.25, 0.3) is 0 Å². The molecule has 4 aromatic heterocycles. The van der Waals surface area contributed by atoms with Gasteiger partial charge in [-0.3, -0.25) is 4.68 Å². The molecule has 5 heterocycles. The van der Waals surface area contributed by atoms with Crippen LogP contribution in [0.5, 0.6) is 0 Å². The Kier molecular flexibility index (Phi) is 7.13. The van der Waals surface area contributed by atoms with Gasteiger partial charge in [-0.15, -0.1) is 0 Å². The average Bonchev–Trinajstić information content (AvgIpc) is 3.53. The van der Waals surface area contributed by atoms with Gasteiger partial charge < -0.3 is 10.0 Å². The highest BCUT2D eigenvalue weighted by molar-refractivity contribution is 7.93. The largest absolute Gasteiger partial charge is 0.389 e. The Balaban J connectivity index is 1.44. The molecule has 1 fully saturated rings. The molecule has 1 aliphatic rings. The second-order valence-corrected chi connectivity index (χ2v) is 13.6. The van der Waals surface area contributed by atoms with E-state index in [0.29, 0.717) is 66.1 Å². The maximum atomic E-state index is 13.0. The molecule has 0 unspecified atom stereocenters. The minimum absolute atomic E-state index is 0.338. The van der Waals surface area contributed by atoms with Gasteiger partial charge in [0.2, 0.25) is 0 Å². The molecular formula is C27H33N9O2S. The van der Waals surface area contributed by atoms with Crippen molar-refractivity contribution in [3.05, 3.63) is 48.7 Å². The van der Waals surface area contributed by atoms with Gasteiger partial charge in [-0.1, -0.05) is 13.8 Å². The molecule has 0 aliphatic carbocycles. The summed E-state index contributed by atoms with van der Waals surface area (Å²) in [5.74, 6) is 2.28. The van der Waals surface area contributed by atoms with Gasteiger partial charge in [-0.25, -0.2) is 23.1 Å². The summed E-state index contributed by atoms with van der Waals surface area (Å²) >= 11 is 0. The number of aliphatic hydroxyl groups is 1. The smallest absolute Gasteiger partial charge is 0.128 e. The highest BCUT2D eigenvalue weighted by Gasteiger charge is 2.23. The SMILES string of the molecule is CC(C)CN=S1(=O)CCN(c2ccc(-c3nc(-c4cnn(CC(C)(C)O)c4)cn4ncc(C#N)c34)cn2)CC1. The second-order valence-electron chi connectivity index (χ2n) is 11.0. The number of fused-ring (bicyclic) bond motifs is 1. The van der Waals surface area contributed by atoms with Crippen molar-refractivity contribution in [3.8, 4) is 28.6 Å². The third-order valence-electron chi connectivity index (χ3n) is 6.48. The average molecular weight is 548 g/mol. The molecule has 39 heavy (non-hydrogen) atoms. The summed E-state index contributed by atoms with van der Waals surface area (Å²) in [6.45, 7) is 9.87. The van der Waals surface area contributed by atoms with Gasteiger partial charge in [0.05, 0.1) is 58.4 Å². The number of nitrogens with zero attached hydrogens (tertiary/aromatic N) is 9. The van der Waals surface area contributed by atoms with E-state index in [0.717, 1.165) is 16.9 Å². The maximum absolute atomic E-state index is 13.0. The molecule has 11 nitrogen and oxygen atoms in total. The van der Waals surface area contributed by atoms with Gasteiger partial charge >= 0.3 is 0 Å². The quantitative estimate of drug-likeness (QED) is 0.372. The Morgan fingerprint density at radius 3 is 2.54 bits per heavy atom. The van der Waals surface area contributed by atoms with Crippen molar-refractivity contribution in [2.45, 2.75) is 39.8 Å². The lowest BCUT2D eigenvalue weighted by Crippen LogP contribution is -2.40. The number of rotatable bonds is 7. The molecule has 0 atom stereocenters. The van der Waals surface area contributed by atoms with Crippen LogP contribution in [0.2, 0.25) is 0 Å². The summed E-state index contributed by atoms with van der Waals surface area (Å²) in [6.07, 6.45) is 8.57. The number of aromatic nitrogens is 6. The third kappa shape index (κ3) is 5.94. The van der Waals surface area contributed by atoms with Crippen LogP contribution in [-0.4, -0.2) is 75.4 Å². The molecule has 4 aromatic rings. The molecule has 1 aliphatic heterocycles. The van der Waals surface area contributed by atoms with Crippen molar-refractivity contribution in [1.29, 1.82) is 5.26 Å². The zero-order valence-corrected chi connectivity index (χ0v) is 23.5. The van der Waals surface area contributed by atoms with Crippen LogP contribution in [0.25, 0.3) is 28.0 Å². The highest BCUT2D eigenvalue weighted by atomic mass is 32.2. The number of hydrogen-bond donors (Lipinski definition) is 1. The van der Waals surface area contributed by atoms with Crippen molar-refractivity contribution < 1.29 is 9.32 Å². The van der Waals surface area contributed by atoms with E-state index in [1.165, 1.54) is 6.20 Å². The Morgan fingerprint density at radius 1 is 1.13 bits per heavy atom. The van der Waals surface area contributed by atoms with E-state index in [2.05, 4.69) is 39.4 Å². The fourth-order valence-corrected chi connectivity index (χ4v) is 6.53. The first kappa shape index (κ1) is 26.8. The Bertz CT molecular complexity index is 1640. The Labute approximate surface area is 228 Å². The molecule has 0 aromatic carbocycles. The minimum atomic E-state index is -2.16. The van der Waals surface area contributed by atoms with E-state index in [-0.39, 0.29) is 0 Å². The molecule has 1 N–H and O–H groups in total. The molecule has 0 amide bonds. The zero-order chi connectivity index (χ0) is 27.8. The van der Waals surface area contributed by atoms with Gasteiger partial charge in [-0.2, -0.15) is 15.5 Å². The van der Waals surface area contributed by atoms with Crippen LogP contribution in [0.1, 0.15) is 33.3 Å². The van der Waals surface area contributed by atoms with Crippen LogP contribution in [-0.2, 0) is 16.3 Å². The van der Waals surface area contributed by atoms with Crippen molar-refractivity contribution >= 4 is 21.1 Å². The molecule has 0 bridgehead atoms. The van der Waals surface area contributed by atoms with Crippen LogP contribution in [0.15, 0.2) is 47.5 Å². The molecule has 12 heteroatoms. The first-order chi connectivity index (χ1) is 18.5. The molecule has 0 saturated carbocycles. The molecule has 0 spiro atoms. The summed E-state index contributed by atoms with van der Waals surface area (Å²) in [6, 6.07) is 6.08. The van der Waals surface area contributed by atoms with Crippen molar-refractivity contribution in [2.75, 3.05) is 36.0 Å². The van der Waals surface area contributed by atoms with Crippen LogP contribution < -0.4 is 4.90 Å². The first-order valence-electron chi connectivity index (χ1n) is 13.0. The highest BCUT2D eigenvalue weighted by Crippen LogP contribution is 2.29. The van der Waals surface area contributed by atoms with Crippen molar-refractivity contribution in [2.24, 2.45) is 10.3 Å². The topological polar surface area (TPSA) is 138 Å². The normalized spacial score (nSPS) is 15.6. The number of hydrogen-bond acceptors (Lipinski definition) is 9. The van der Waals surface area contributed by atoms with Gasteiger partial charge in [0, 0.05) is 48.1 Å². The lowest BCUT2D eigenvalue weighted by atomic mass is 10.1. The number of pyridine rings is 1. The van der Waals surface area contributed by atoms with Gasteiger partial charge in [0.1, 0.15) is 23.0 Å². The maximum Gasteiger partial charge on any atom is 0.128 e. The van der Waals surface area contributed by atoms with Gasteiger partial charge in [-0.05, 0) is 31.9 Å². The molecule has 0 radical (unpaired) electrons. The van der Waals surface area contributed by atoms with Crippen LogP contribution >= 0.6 is 0 Å². The van der Waals surface area contributed by atoms with E-state index in [1.54, 1.807) is 41.6 Å². The standard InChI is InChI=1S/C27H33N9O2S/c1-19(2)12-32-39(38)9-7-34(8-10-39)24-6-5-20(13-29-24)25-26-21(11-28)14-31-36(26)17-23(33-25)22-15-30-35(16-22)18-27(3,4)37/h5-6,13-17,19,37H,7-10,12,18H2,1-4H3. The predicted molar refractivity (Wildman–Crippen MR) is 151 cm³/mol. The first-order valence-corrected chi connectivity index (χ1v) is 14.8. The van der Waals surface area contributed by atoms with Crippen molar-refractivity contribution in [1.82, 2.24) is 29.4 Å². The lowest BCUT2D eigenvalue weighted by molar-refractivity contribution is 0.0577. The summed E-state index contributed by atoms with van der Waals surface area (Å²) in [5.41, 5.74) is 2.85. The summed E-state index contributed by atoms with van der Waals surface area (Å²) < 4.78 is 20.9. The third-order valence-corrected chi connectivity index (χ3v) is 8.74. The zero-order valence-electron chi connectivity index (χ0n) is 22.7. The minimum Gasteiger partial charge on any atom is -0.389 e. The second kappa shape index (κ2) is 10.4. The summed E-state index contributed by atoms with van der Waals surface area (Å²) in [5, 5.41) is 28.6. The number of nitriles is 1. The fourth-order valence-electron chi connectivity index (χ4n) is 4.49. The Morgan fingerprint density at radius 2 is 1.90 bits per heavy atom. The lowest BCUT2D eigenvalue weighted by Gasteiger charge is -2.29. The van der Waals surface area contributed by atoms with Crippen LogP contribution in [0.3, 0.4) is 0 Å². The van der Waals surface area contributed by atoms with Crippen molar-refractivity contribution in [3.63, 3.8) is 0 Å². The summed E-state index contributed by atoms with van der Waals surface area (Å²) in [7, 11) is -2.16. The predicted octanol–water partition coefficient (Wildman–Crippen LogP) is 3.24. The molecule has 1 saturated heterocycles.